The van der Waals surface area contributed by atoms with Crippen LogP contribution in [0.25, 0.3) is 0 Å². The van der Waals surface area contributed by atoms with E-state index in [1.807, 2.05) is 6.07 Å². The van der Waals surface area contributed by atoms with E-state index in [1.165, 1.54) is 0 Å². The van der Waals surface area contributed by atoms with Crippen molar-refractivity contribution < 1.29 is 22.7 Å². The summed E-state index contributed by atoms with van der Waals surface area (Å²) >= 11 is 0. The molecule has 1 N–H and O–H groups in total. The highest BCUT2D eigenvalue weighted by Crippen LogP contribution is 2.12. The molecule has 1 unspecified atom stereocenters. The number of nitrogens with zero attached hydrogens (tertiary/aromatic N) is 2. The quantitative estimate of drug-likeness (QED) is 0.760. The number of rotatable bonds is 3. The van der Waals surface area contributed by atoms with Crippen LogP contribution in [0.1, 0.15) is 0 Å². The maximum atomic E-state index is 11.8. The average Bonchev–Trinajstić information content (AvgIpc) is 2.26. The molecule has 1 atom stereocenters. The van der Waals surface area contributed by atoms with Crippen molar-refractivity contribution in [2.24, 2.45) is 0 Å². The summed E-state index contributed by atoms with van der Waals surface area (Å²) in [7, 11) is 0. The van der Waals surface area contributed by atoms with Gasteiger partial charge >= 0.3 is 6.18 Å². The summed E-state index contributed by atoms with van der Waals surface area (Å²) < 4.78 is 40.5. The first kappa shape index (κ1) is 13.7. The number of hydrogen-bond acceptors (Lipinski definition) is 4. The van der Waals surface area contributed by atoms with Crippen molar-refractivity contribution in [2.75, 3.05) is 32.8 Å². The van der Waals surface area contributed by atoms with Crippen molar-refractivity contribution in [3.8, 4) is 6.07 Å². The van der Waals surface area contributed by atoms with Gasteiger partial charge in [0.05, 0.1) is 19.2 Å². The van der Waals surface area contributed by atoms with E-state index in [0.29, 0.717) is 13.2 Å². The van der Waals surface area contributed by atoms with Gasteiger partial charge in [-0.1, -0.05) is 0 Å². The molecular formula is C9H12F3N3O2. The van der Waals surface area contributed by atoms with E-state index in [9.17, 15) is 18.0 Å². The highest BCUT2D eigenvalue weighted by molar-refractivity contribution is 5.78. The molecule has 0 aliphatic carbocycles. The van der Waals surface area contributed by atoms with E-state index in [4.69, 9.17) is 10.00 Å². The largest absolute Gasteiger partial charge is 0.405 e. The van der Waals surface area contributed by atoms with Gasteiger partial charge in [0.15, 0.2) is 6.10 Å². The Morgan fingerprint density at radius 3 is 2.88 bits per heavy atom. The Bertz CT molecular complexity index is 314. The van der Waals surface area contributed by atoms with Crippen molar-refractivity contribution in [1.29, 1.82) is 5.26 Å². The Balaban J connectivity index is 2.29. The SMILES string of the molecule is N#CC1CN(CC(=O)NCC(F)(F)F)CCO1. The van der Waals surface area contributed by atoms with Gasteiger partial charge in [-0.25, -0.2) is 0 Å². The lowest BCUT2D eigenvalue weighted by Crippen LogP contribution is -2.47. The lowest BCUT2D eigenvalue weighted by Gasteiger charge is -2.28. The van der Waals surface area contributed by atoms with Gasteiger partial charge in [-0.05, 0) is 0 Å². The highest BCUT2D eigenvalue weighted by atomic mass is 19.4. The molecule has 1 aliphatic rings. The fourth-order valence-electron chi connectivity index (χ4n) is 1.38. The number of morpholine rings is 1. The summed E-state index contributed by atoms with van der Waals surface area (Å²) in [6.07, 6.45) is -5.03. The molecule has 0 aromatic rings. The molecule has 0 spiro atoms. The van der Waals surface area contributed by atoms with Crippen LogP contribution in [0, 0.1) is 11.3 Å². The second-order valence-electron chi connectivity index (χ2n) is 3.62. The monoisotopic (exact) mass is 251 g/mol. The molecule has 1 heterocycles. The van der Waals surface area contributed by atoms with E-state index in [1.54, 1.807) is 10.2 Å². The molecule has 17 heavy (non-hydrogen) atoms. The van der Waals surface area contributed by atoms with Crippen LogP contribution in [-0.2, 0) is 9.53 Å². The van der Waals surface area contributed by atoms with E-state index in [-0.39, 0.29) is 13.1 Å². The molecule has 1 amide bonds. The summed E-state index contributed by atoms with van der Waals surface area (Å²) in [6.45, 7) is -0.534. The molecule has 0 bridgehead atoms. The minimum atomic E-state index is -4.41. The number of alkyl halides is 3. The molecule has 1 saturated heterocycles. The first-order valence-electron chi connectivity index (χ1n) is 4.98. The third kappa shape index (κ3) is 5.51. The van der Waals surface area contributed by atoms with Crippen LogP contribution < -0.4 is 5.32 Å². The summed E-state index contributed by atoms with van der Waals surface area (Å²) in [5.41, 5.74) is 0. The molecule has 1 aliphatic heterocycles. The first-order valence-corrected chi connectivity index (χ1v) is 4.98. The van der Waals surface area contributed by atoms with Crippen molar-refractivity contribution in [3.05, 3.63) is 0 Å². The summed E-state index contributed by atoms with van der Waals surface area (Å²) in [6, 6.07) is 1.89. The first-order chi connectivity index (χ1) is 7.90. The third-order valence-electron chi connectivity index (χ3n) is 2.15. The number of amides is 1. The zero-order chi connectivity index (χ0) is 12.9. The predicted octanol–water partition coefficient (Wildman–Crippen LogP) is -0.111. The van der Waals surface area contributed by atoms with Gasteiger partial charge in [0.1, 0.15) is 6.54 Å². The van der Waals surface area contributed by atoms with Crippen LogP contribution in [-0.4, -0.2) is 55.9 Å². The van der Waals surface area contributed by atoms with Crippen LogP contribution in [0.4, 0.5) is 13.2 Å². The van der Waals surface area contributed by atoms with Gasteiger partial charge in [-0.3, -0.25) is 9.69 Å². The average molecular weight is 251 g/mol. The number of carbonyl (C=O) groups excluding carboxylic acids is 1. The number of nitrogens with one attached hydrogen (secondary N) is 1. The van der Waals surface area contributed by atoms with Crippen LogP contribution in [0.5, 0.6) is 0 Å². The van der Waals surface area contributed by atoms with Gasteiger partial charge < -0.3 is 10.1 Å². The molecule has 96 valence electrons. The lowest BCUT2D eigenvalue weighted by molar-refractivity contribution is -0.139. The van der Waals surface area contributed by atoms with E-state index >= 15 is 0 Å². The molecule has 1 fully saturated rings. The Labute approximate surface area is 96.1 Å². The van der Waals surface area contributed by atoms with Gasteiger partial charge in [0, 0.05) is 13.1 Å². The topological polar surface area (TPSA) is 65.4 Å². The molecule has 0 aromatic heterocycles. The zero-order valence-corrected chi connectivity index (χ0v) is 8.96. The van der Waals surface area contributed by atoms with Crippen molar-refractivity contribution in [1.82, 2.24) is 10.2 Å². The smallest absolute Gasteiger partial charge is 0.361 e. The van der Waals surface area contributed by atoms with Crippen molar-refractivity contribution >= 4 is 5.91 Å². The maximum absolute atomic E-state index is 11.8. The van der Waals surface area contributed by atoms with Gasteiger partial charge in [0.2, 0.25) is 5.91 Å². The normalized spacial score (nSPS) is 21.9. The van der Waals surface area contributed by atoms with E-state index < -0.39 is 24.7 Å². The molecule has 8 heteroatoms. The Morgan fingerprint density at radius 2 is 2.29 bits per heavy atom. The van der Waals surface area contributed by atoms with E-state index in [2.05, 4.69) is 0 Å². The standard InChI is InChI=1S/C9H12F3N3O2/c10-9(11,12)6-14-8(16)5-15-1-2-17-7(3-13)4-15/h7H,1-2,4-6H2,(H,14,16). The molecule has 0 saturated carbocycles. The Kier molecular flexibility index (Phi) is 4.72. The molecular weight excluding hydrogens is 239 g/mol. The van der Waals surface area contributed by atoms with Crippen LogP contribution in [0.3, 0.4) is 0 Å². The molecule has 0 radical (unpaired) electrons. The Morgan fingerprint density at radius 1 is 1.59 bits per heavy atom. The van der Waals surface area contributed by atoms with Crippen LogP contribution in [0.2, 0.25) is 0 Å². The van der Waals surface area contributed by atoms with Crippen LogP contribution in [0.15, 0.2) is 0 Å². The van der Waals surface area contributed by atoms with Crippen molar-refractivity contribution in [2.45, 2.75) is 12.3 Å². The van der Waals surface area contributed by atoms with Gasteiger partial charge in [-0.15, -0.1) is 0 Å². The third-order valence-corrected chi connectivity index (χ3v) is 2.15. The zero-order valence-electron chi connectivity index (χ0n) is 8.96. The number of nitriles is 1. The number of ether oxygens (including phenoxy) is 1. The minimum Gasteiger partial charge on any atom is -0.361 e. The van der Waals surface area contributed by atoms with Crippen molar-refractivity contribution in [3.63, 3.8) is 0 Å². The predicted molar refractivity (Wildman–Crippen MR) is 50.9 cm³/mol. The fourth-order valence-corrected chi connectivity index (χ4v) is 1.38. The summed E-state index contributed by atoms with van der Waals surface area (Å²) in [4.78, 5) is 12.8. The molecule has 0 aromatic carbocycles. The minimum absolute atomic E-state index is 0.155. The highest BCUT2D eigenvalue weighted by Gasteiger charge is 2.28. The second kappa shape index (κ2) is 5.84. The number of halogens is 3. The molecule has 1 rings (SSSR count). The lowest BCUT2D eigenvalue weighted by atomic mass is 10.3. The molecule has 5 nitrogen and oxygen atoms in total. The van der Waals surface area contributed by atoms with Gasteiger partial charge in [-0.2, -0.15) is 18.4 Å². The number of hydrogen-bond donors (Lipinski definition) is 1. The number of carbonyl (C=O) groups is 1. The van der Waals surface area contributed by atoms with Crippen LogP contribution >= 0.6 is 0 Å². The Hall–Kier alpha value is -1.33. The summed E-state index contributed by atoms with van der Waals surface area (Å²) in [5, 5.41) is 10.4. The fraction of sp³-hybridized carbons (Fsp3) is 0.778. The summed E-state index contributed by atoms with van der Waals surface area (Å²) in [5.74, 6) is -0.707. The maximum Gasteiger partial charge on any atom is 0.405 e. The van der Waals surface area contributed by atoms with Gasteiger partial charge in [0.25, 0.3) is 0 Å². The second-order valence-corrected chi connectivity index (χ2v) is 3.62. The van der Waals surface area contributed by atoms with E-state index in [0.717, 1.165) is 0 Å².